The number of methoxy groups -OCH3 is 1. The van der Waals surface area contributed by atoms with Crippen molar-refractivity contribution in [2.45, 2.75) is 38.0 Å². The van der Waals surface area contributed by atoms with E-state index < -0.39 is 29.8 Å². The molecule has 1 fully saturated rings. The number of alkyl halides is 3. The van der Waals surface area contributed by atoms with Crippen molar-refractivity contribution in [2.24, 2.45) is 0 Å². The summed E-state index contributed by atoms with van der Waals surface area (Å²) in [5.41, 5.74) is -0.790. The second-order valence-corrected chi connectivity index (χ2v) is 6.70. The van der Waals surface area contributed by atoms with Gasteiger partial charge in [0.15, 0.2) is 0 Å². The van der Waals surface area contributed by atoms with Crippen LogP contribution in [0.4, 0.5) is 18.0 Å². The van der Waals surface area contributed by atoms with Gasteiger partial charge in [-0.3, -0.25) is 4.90 Å². The number of hydrogen-bond acceptors (Lipinski definition) is 4. The molecule has 2 aliphatic rings. The van der Waals surface area contributed by atoms with E-state index >= 15 is 0 Å². The minimum absolute atomic E-state index is 0.000645. The zero-order valence-electron chi connectivity index (χ0n) is 15.5. The van der Waals surface area contributed by atoms with E-state index in [4.69, 9.17) is 9.47 Å². The first-order chi connectivity index (χ1) is 13.3. The van der Waals surface area contributed by atoms with E-state index in [-0.39, 0.29) is 30.4 Å². The van der Waals surface area contributed by atoms with Gasteiger partial charge >= 0.3 is 18.2 Å². The maximum atomic E-state index is 13.5. The molecule has 2 amide bonds. The molecule has 0 bridgehead atoms. The Hall–Kier alpha value is -2.55. The summed E-state index contributed by atoms with van der Waals surface area (Å²) in [5, 5.41) is 2.57. The van der Waals surface area contributed by atoms with Crippen molar-refractivity contribution in [3.8, 4) is 0 Å². The van der Waals surface area contributed by atoms with E-state index in [0.29, 0.717) is 5.70 Å². The van der Waals surface area contributed by atoms with Gasteiger partial charge in [0.25, 0.3) is 0 Å². The number of ether oxygens (including phenoxy) is 2. The van der Waals surface area contributed by atoms with Crippen LogP contribution in [-0.4, -0.2) is 43.3 Å². The van der Waals surface area contributed by atoms with Crippen molar-refractivity contribution >= 4 is 12.0 Å². The molecule has 152 valence electrons. The fourth-order valence-electron chi connectivity index (χ4n) is 3.33. The first-order valence-electron chi connectivity index (χ1n) is 8.88. The summed E-state index contributed by atoms with van der Waals surface area (Å²) in [6.45, 7) is 1.67. The van der Waals surface area contributed by atoms with E-state index in [1.54, 1.807) is 6.92 Å². The Morgan fingerprint density at radius 2 is 1.93 bits per heavy atom. The molecule has 3 rings (SSSR count). The number of carbonyl (C=O) groups is 2. The lowest BCUT2D eigenvalue weighted by Crippen LogP contribution is -2.49. The topological polar surface area (TPSA) is 67.9 Å². The van der Waals surface area contributed by atoms with Crippen molar-refractivity contribution in [2.75, 3.05) is 20.3 Å². The Kier molecular flexibility index (Phi) is 5.64. The maximum absolute atomic E-state index is 13.5. The van der Waals surface area contributed by atoms with Crippen LogP contribution in [0.5, 0.6) is 0 Å². The Balaban J connectivity index is 2.06. The third kappa shape index (κ3) is 3.99. The summed E-state index contributed by atoms with van der Waals surface area (Å²) in [7, 11) is 1.44. The lowest BCUT2D eigenvalue weighted by molar-refractivity contribution is -0.142. The number of allylic oxidation sites excluding steroid dienone is 1. The number of halogens is 3. The number of nitrogens with one attached hydrogen (secondary N) is 1. The molecule has 1 aromatic rings. The first kappa shape index (κ1) is 20.2. The normalized spacial score (nSPS) is 20.2. The third-order valence-corrected chi connectivity index (χ3v) is 4.76. The van der Waals surface area contributed by atoms with Crippen LogP contribution in [0.15, 0.2) is 35.5 Å². The first-order valence-corrected chi connectivity index (χ1v) is 8.88. The number of urea groups is 1. The van der Waals surface area contributed by atoms with Crippen LogP contribution in [0.1, 0.15) is 36.9 Å². The van der Waals surface area contributed by atoms with E-state index in [1.807, 2.05) is 0 Å². The van der Waals surface area contributed by atoms with Crippen molar-refractivity contribution in [1.82, 2.24) is 10.2 Å². The monoisotopic (exact) mass is 398 g/mol. The van der Waals surface area contributed by atoms with Gasteiger partial charge in [0.05, 0.1) is 23.8 Å². The van der Waals surface area contributed by atoms with Gasteiger partial charge in [0, 0.05) is 18.8 Å². The summed E-state index contributed by atoms with van der Waals surface area (Å²) in [4.78, 5) is 26.7. The standard InChI is InChI=1S/C19H21F3N2O4/c1-11-15(17(25)28-10-9-27-2)16(23-18(26)24(11)12-7-8-12)13-5-3-4-6-14(13)19(20,21)22/h3-6,12,16H,7-10H2,1-2H3,(H,23,26)/t16-/m1/s1. The van der Waals surface area contributed by atoms with Gasteiger partial charge in [-0.25, -0.2) is 9.59 Å². The Morgan fingerprint density at radius 3 is 2.54 bits per heavy atom. The molecule has 28 heavy (non-hydrogen) atoms. The number of hydrogen-bond donors (Lipinski definition) is 1. The van der Waals surface area contributed by atoms with Crippen LogP contribution in [0.3, 0.4) is 0 Å². The van der Waals surface area contributed by atoms with E-state index in [0.717, 1.165) is 18.9 Å². The van der Waals surface area contributed by atoms with Crippen LogP contribution in [0, 0.1) is 0 Å². The van der Waals surface area contributed by atoms with E-state index in [2.05, 4.69) is 5.32 Å². The van der Waals surface area contributed by atoms with Crippen LogP contribution in [-0.2, 0) is 20.4 Å². The molecule has 1 atom stereocenters. The highest BCUT2D eigenvalue weighted by molar-refractivity contribution is 5.95. The van der Waals surface area contributed by atoms with Crippen molar-refractivity contribution in [3.63, 3.8) is 0 Å². The number of carbonyl (C=O) groups excluding carboxylic acids is 2. The maximum Gasteiger partial charge on any atom is 0.416 e. The molecule has 1 saturated carbocycles. The Labute approximate surface area is 160 Å². The smallest absolute Gasteiger partial charge is 0.416 e. The molecular weight excluding hydrogens is 377 g/mol. The molecule has 0 unspecified atom stereocenters. The van der Waals surface area contributed by atoms with Crippen LogP contribution in [0.25, 0.3) is 0 Å². The molecule has 6 nitrogen and oxygen atoms in total. The van der Waals surface area contributed by atoms with Gasteiger partial charge in [0.2, 0.25) is 0 Å². The van der Waals surface area contributed by atoms with Gasteiger partial charge in [-0.1, -0.05) is 18.2 Å². The van der Waals surface area contributed by atoms with E-state index in [1.165, 1.54) is 30.2 Å². The molecule has 1 aliphatic carbocycles. The van der Waals surface area contributed by atoms with Crippen molar-refractivity contribution < 1.29 is 32.2 Å². The predicted molar refractivity (Wildman–Crippen MR) is 93.1 cm³/mol. The highest BCUT2D eigenvalue weighted by Gasteiger charge is 2.45. The molecule has 1 N–H and O–H groups in total. The minimum atomic E-state index is -4.63. The second-order valence-electron chi connectivity index (χ2n) is 6.70. The summed E-state index contributed by atoms with van der Waals surface area (Å²) < 4.78 is 50.6. The number of rotatable bonds is 6. The summed E-state index contributed by atoms with van der Waals surface area (Å²) in [5.74, 6) is -0.776. The van der Waals surface area contributed by atoms with Crippen molar-refractivity contribution in [1.29, 1.82) is 0 Å². The largest absolute Gasteiger partial charge is 0.460 e. The van der Waals surface area contributed by atoms with Gasteiger partial charge < -0.3 is 14.8 Å². The molecule has 1 aromatic carbocycles. The third-order valence-electron chi connectivity index (χ3n) is 4.76. The number of esters is 1. The van der Waals surface area contributed by atoms with Gasteiger partial charge in [-0.2, -0.15) is 13.2 Å². The Bertz CT molecular complexity index is 803. The van der Waals surface area contributed by atoms with Crippen LogP contribution < -0.4 is 5.32 Å². The number of nitrogens with zero attached hydrogens (tertiary/aromatic N) is 1. The highest BCUT2D eigenvalue weighted by atomic mass is 19.4. The average molecular weight is 398 g/mol. The highest BCUT2D eigenvalue weighted by Crippen LogP contribution is 2.41. The fraction of sp³-hybridized carbons (Fsp3) is 0.474. The quantitative estimate of drug-likeness (QED) is 0.589. The SMILES string of the molecule is COCCOC(=O)C1=C(C)N(C2CC2)C(=O)N[C@@H]1c1ccccc1C(F)(F)F. The average Bonchev–Trinajstić information content (AvgIpc) is 3.45. The van der Waals surface area contributed by atoms with Crippen LogP contribution in [0.2, 0.25) is 0 Å². The second kappa shape index (κ2) is 7.83. The lowest BCUT2D eigenvalue weighted by Gasteiger charge is -2.36. The van der Waals surface area contributed by atoms with Crippen molar-refractivity contribution in [3.05, 3.63) is 46.7 Å². The lowest BCUT2D eigenvalue weighted by atomic mass is 9.91. The number of amides is 2. The molecule has 9 heteroatoms. The molecule has 0 spiro atoms. The molecule has 0 saturated heterocycles. The zero-order valence-corrected chi connectivity index (χ0v) is 15.5. The van der Waals surface area contributed by atoms with Gasteiger partial charge in [0.1, 0.15) is 6.61 Å². The molecule has 0 radical (unpaired) electrons. The molecular formula is C19H21F3N2O4. The Morgan fingerprint density at radius 1 is 1.25 bits per heavy atom. The summed E-state index contributed by atoms with van der Waals surface area (Å²) in [6.07, 6.45) is -3.07. The minimum Gasteiger partial charge on any atom is -0.460 e. The molecule has 1 heterocycles. The zero-order chi connectivity index (χ0) is 20.5. The molecule has 0 aromatic heterocycles. The predicted octanol–water partition coefficient (Wildman–Crippen LogP) is 3.40. The van der Waals surface area contributed by atoms with Gasteiger partial charge in [-0.05, 0) is 31.4 Å². The van der Waals surface area contributed by atoms with Crippen LogP contribution >= 0.6 is 0 Å². The fourth-order valence-corrected chi connectivity index (χ4v) is 3.33. The summed E-state index contributed by atoms with van der Waals surface area (Å²) in [6, 6.07) is 3.06. The van der Waals surface area contributed by atoms with Gasteiger partial charge in [-0.15, -0.1) is 0 Å². The molecule has 1 aliphatic heterocycles. The summed E-state index contributed by atoms with van der Waals surface area (Å²) >= 11 is 0. The number of benzene rings is 1. The van der Waals surface area contributed by atoms with E-state index in [9.17, 15) is 22.8 Å².